The highest BCUT2D eigenvalue weighted by molar-refractivity contribution is 7.89. The number of nitriles is 1. The van der Waals surface area contributed by atoms with E-state index in [2.05, 4.69) is 10.0 Å². The first-order valence-corrected chi connectivity index (χ1v) is 10.4. The first kappa shape index (κ1) is 21.0. The van der Waals surface area contributed by atoms with Gasteiger partial charge in [0, 0.05) is 24.5 Å². The average Bonchev–Trinajstić information content (AvgIpc) is 2.89. The Balaban J connectivity index is 1.98. The maximum Gasteiger partial charge on any atom is 0.272 e. The van der Waals surface area contributed by atoms with E-state index < -0.39 is 33.4 Å². The van der Waals surface area contributed by atoms with Crippen LogP contribution in [-0.2, 0) is 23.5 Å². The summed E-state index contributed by atoms with van der Waals surface area (Å²) in [7, 11) is -2.39. The maximum atomic E-state index is 13.5. The molecule has 0 saturated carbocycles. The third kappa shape index (κ3) is 4.03. The molecule has 154 valence electrons. The van der Waals surface area contributed by atoms with Crippen LogP contribution in [0.3, 0.4) is 0 Å². The van der Waals surface area contributed by atoms with E-state index in [4.69, 9.17) is 5.26 Å². The summed E-state index contributed by atoms with van der Waals surface area (Å²) in [5, 5.41) is 21.8. The first-order chi connectivity index (χ1) is 13.4. The summed E-state index contributed by atoms with van der Waals surface area (Å²) < 4.78 is 43.0. The fourth-order valence-electron chi connectivity index (χ4n) is 3.39. The lowest BCUT2D eigenvalue weighted by Gasteiger charge is -2.28. The van der Waals surface area contributed by atoms with Crippen LogP contribution >= 0.6 is 0 Å². The number of hydrogen-bond acceptors (Lipinski definition) is 5. The van der Waals surface area contributed by atoms with Gasteiger partial charge in [-0.25, -0.2) is 17.5 Å². The largest absolute Gasteiger partial charge is 0.389 e. The molecule has 0 saturated heterocycles. The molecule has 2 aromatic rings. The molecular weight excluding hydrogens is 399 g/mol. The van der Waals surface area contributed by atoms with E-state index in [1.807, 2.05) is 0 Å². The molecular formula is C19H21FN4O4S. The molecule has 3 rings (SSSR count). The number of nitrogens with zero attached hydrogens (tertiary/aromatic N) is 2. The molecule has 0 bridgehead atoms. The van der Waals surface area contributed by atoms with Crippen molar-refractivity contribution in [2.45, 2.75) is 43.2 Å². The van der Waals surface area contributed by atoms with Crippen LogP contribution in [0.15, 0.2) is 29.3 Å². The van der Waals surface area contributed by atoms with Crippen LogP contribution in [-0.4, -0.2) is 35.6 Å². The maximum absolute atomic E-state index is 13.5. The normalized spacial score (nSPS) is 18.4. The second-order valence-electron chi connectivity index (χ2n) is 7.56. The number of hydrogen-bond donors (Lipinski definition) is 3. The third-order valence-corrected chi connectivity index (χ3v) is 6.45. The van der Waals surface area contributed by atoms with E-state index in [0.717, 1.165) is 6.07 Å². The summed E-state index contributed by atoms with van der Waals surface area (Å²) in [5.74, 6) is -1.28. The number of sulfonamides is 1. The number of rotatable bonds is 3. The third-order valence-electron chi connectivity index (χ3n) is 4.93. The number of halogens is 1. The van der Waals surface area contributed by atoms with Crippen molar-refractivity contribution >= 4 is 21.6 Å². The number of fused-ring (bicyclic) bond motifs is 1. The molecule has 0 fully saturated rings. The van der Waals surface area contributed by atoms with Crippen molar-refractivity contribution in [3.63, 3.8) is 0 Å². The molecule has 10 heteroatoms. The zero-order valence-corrected chi connectivity index (χ0v) is 17.0. The highest BCUT2D eigenvalue weighted by Gasteiger charge is 2.37. The lowest BCUT2D eigenvalue weighted by atomic mass is 9.93. The predicted molar refractivity (Wildman–Crippen MR) is 103 cm³/mol. The molecule has 8 nitrogen and oxygen atoms in total. The Morgan fingerprint density at radius 3 is 2.76 bits per heavy atom. The van der Waals surface area contributed by atoms with Gasteiger partial charge in [-0.2, -0.15) is 5.26 Å². The molecule has 0 radical (unpaired) electrons. The van der Waals surface area contributed by atoms with Crippen molar-refractivity contribution in [2.75, 3.05) is 5.32 Å². The van der Waals surface area contributed by atoms with E-state index >= 15 is 0 Å². The second-order valence-corrected chi connectivity index (χ2v) is 9.24. The van der Waals surface area contributed by atoms with Crippen molar-refractivity contribution in [1.82, 2.24) is 9.29 Å². The van der Waals surface area contributed by atoms with E-state index in [1.165, 1.54) is 36.7 Å². The zero-order chi connectivity index (χ0) is 21.6. The predicted octanol–water partition coefficient (Wildman–Crippen LogP) is 1.65. The highest BCUT2D eigenvalue weighted by atomic mass is 32.2. The van der Waals surface area contributed by atoms with Crippen LogP contribution in [0.1, 0.15) is 41.9 Å². The summed E-state index contributed by atoms with van der Waals surface area (Å²) >= 11 is 0. The monoisotopic (exact) mass is 420 g/mol. The topological polar surface area (TPSA) is 124 Å². The minimum absolute atomic E-state index is 0.0197. The molecule has 1 aromatic carbocycles. The van der Waals surface area contributed by atoms with E-state index in [1.54, 1.807) is 13.1 Å². The highest BCUT2D eigenvalue weighted by Crippen LogP contribution is 2.30. The first-order valence-electron chi connectivity index (χ1n) is 8.88. The molecule has 1 aliphatic rings. The number of carbonyl (C=O) groups excluding carboxylic acids is 1. The summed E-state index contributed by atoms with van der Waals surface area (Å²) in [4.78, 5) is 12.9. The molecule has 0 aliphatic carbocycles. The van der Waals surface area contributed by atoms with Crippen LogP contribution in [0.2, 0.25) is 0 Å². The number of amides is 1. The molecule has 29 heavy (non-hydrogen) atoms. The van der Waals surface area contributed by atoms with Gasteiger partial charge < -0.3 is 15.0 Å². The minimum atomic E-state index is -3.94. The van der Waals surface area contributed by atoms with Gasteiger partial charge in [-0.1, -0.05) is 0 Å². The summed E-state index contributed by atoms with van der Waals surface area (Å²) in [5.41, 5.74) is -0.792. The molecule has 1 aromatic heterocycles. The molecule has 1 aliphatic heterocycles. The Labute approximate surface area is 168 Å². The van der Waals surface area contributed by atoms with Gasteiger partial charge in [0.05, 0.1) is 17.2 Å². The summed E-state index contributed by atoms with van der Waals surface area (Å²) in [6.07, 6.45) is 1.91. The Kier molecular flexibility index (Phi) is 5.25. The standard InChI is InChI=1S/C19H21FN4O4S/c1-19(2,26)16-7-5-13-15(29(27,28)23-16)10-24(3)17(13)18(25)22-12-4-6-14(20)11(8-12)9-21/h4,6,8,10,16,23,26H,5,7H2,1-3H3,(H,22,25)/t16-/m1/s1. The quantitative estimate of drug-likeness (QED) is 0.697. The zero-order valence-electron chi connectivity index (χ0n) is 16.2. The molecule has 0 unspecified atom stereocenters. The van der Waals surface area contributed by atoms with Crippen molar-refractivity contribution in [3.05, 3.63) is 47.0 Å². The van der Waals surface area contributed by atoms with Gasteiger partial charge in [0.1, 0.15) is 22.5 Å². The van der Waals surface area contributed by atoms with E-state index in [9.17, 15) is 22.7 Å². The molecule has 2 heterocycles. The van der Waals surface area contributed by atoms with Crippen molar-refractivity contribution < 1.29 is 22.7 Å². The van der Waals surface area contributed by atoms with Crippen LogP contribution in [0, 0.1) is 17.1 Å². The number of aromatic nitrogens is 1. The van der Waals surface area contributed by atoms with Crippen molar-refractivity contribution in [3.8, 4) is 6.07 Å². The molecule has 3 N–H and O–H groups in total. The van der Waals surface area contributed by atoms with Crippen LogP contribution in [0.5, 0.6) is 0 Å². The van der Waals surface area contributed by atoms with E-state index in [-0.39, 0.29) is 28.3 Å². The summed E-state index contributed by atoms with van der Waals surface area (Å²) in [6, 6.07) is 4.58. The lowest BCUT2D eigenvalue weighted by molar-refractivity contribution is 0.0434. The van der Waals surface area contributed by atoms with Crippen LogP contribution in [0.25, 0.3) is 0 Å². The number of aliphatic hydroxyl groups is 1. The van der Waals surface area contributed by atoms with Gasteiger partial charge in [0.15, 0.2) is 0 Å². The van der Waals surface area contributed by atoms with Gasteiger partial charge in [0.2, 0.25) is 10.0 Å². The Morgan fingerprint density at radius 2 is 2.14 bits per heavy atom. The van der Waals surface area contributed by atoms with Crippen molar-refractivity contribution in [1.29, 1.82) is 5.26 Å². The molecule has 1 amide bonds. The van der Waals surface area contributed by atoms with Crippen LogP contribution < -0.4 is 10.0 Å². The number of anilines is 1. The smallest absolute Gasteiger partial charge is 0.272 e. The summed E-state index contributed by atoms with van der Waals surface area (Å²) in [6.45, 7) is 3.04. The van der Waals surface area contributed by atoms with Gasteiger partial charge in [0.25, 0.3) is 5.91 Å². The molecule has 0 spiro atoms. The number of carbonyl (C=O) groups is 1. The SMILES string of the molecule is Cn1cc2c(c1C(=O)Nc1ccc(F)c(C#N)c1)CC[C@H](C(C)(C)O)NS2(=O)=O. The Hall–Kier alpha value is -2.74. The Morgan fingerprint density at radius 1 is 1.45 bits per heavy atom. The average molecular weight is 420 g/mol. The Bertz CT molecular complexity index is 1130. The number of nitrogens with one attached hydrogen (secondary N) is 2. The fourth-order valence-corrected chi connectivity index (χ4v) is 5.12. The fraction of sp³-hybridized carbons (Fsp3) is 0.368. The van der Waals surface area contributed by atoms with Gasteiger partial charge in [-0.3, -0.25) is 4.79 Å². The van der Waals surface area contributed by atoms with Crippen molar-refractivity contribution in [2.24, 2.45) is 7.05 Å². The van der Waals surface area contributed by atoms with Gasteiger partial charge >= 0.3 is 0 Å². The molecule has 1 atom stereocenters. The van der Waals surface area contributed by atoms with Crippen LogP contribution in [0.4, 0.5) is 10.1 Å². The lowest BCUT2D eigenvalue weighted by Crippen LogP contribution is -2.48. The van der Waals surface area contributed by atoms with Gasteiger partial charge in [-0.05, 0) is 44.9 Å². The second kappa shape index (κ2) is 7.26. The minimum Gasteiger partial charge on any atom is -0.389 e. The van der Waals surface area contributed by atoms with E-state index in [0.29, 0.717) is 12.0 Å². The van der Waals surface area contributed by atoms with Gasteiger partial charge in [-0.15, -0.1) is 0 Å². The number of benzene rings is 1. The number of aryl methyl sites for hydroxylation is 1.